The van der Waals surface area contributed by atoms with E-state index in [1.54, 1.807) is 14.0 Å². The maximum absolute atomic E-state index is 11.7. The van der Waals surface area contributed by atoms with E-state index in [1.165, 1.54) is 0 Å². The molecule has 3 N–H and O–H groups in total. The molecule has 19 heavy (non-hydrogen) atoms. The van der Waals surface area contributed by atoms with Crippen LogP contribution in [0.2, 0.25) is 5.28 Å². The zero-order valence-corrected chi connectivity index (χ0v) is 11.9. The Kier molecular flexibility index (Phi) is 4.09. The van der Waals surface area contributed by atoms with Crippen LogP contribution in [-0.4, -0.2) is 36.0 Å². The van der Waals surface area contributed by atoms with Gasteiger partial charge in [0, 0.05) is 20.1 Å². The number of hydrogen-bond donors (Lipinski definition) is 2. The van der Waals surface area contributed by atoms with Crippen LogP contribution < -0.4 is 16.0 Å². The first-order valence-corrected chi connectivity index (χ1v) is 6.67. The van der Waals surface area contributed by atoms with Crippen molar-refractivity contribution in [1.82, 2.24) is 15.3 Å². The lowest BCUT2D eigenvalue weighted by molar-refractivity contribution is -0.124. The van der Waals surface area contributed by atoms with Gasteiger partial charge in [0.2, 0.25) is 11.2 Å². The fraction of sp³-hybridized carbons (Fsp3) is 0.583. The standard InChI is InChI=1S/C12H18ClN5O/c1-7-9(14)10(17-12(13)16-7)18-5-3-4-8(6-18)11(19)15-2/h8H,3-6,14H2,1-2H3,(H,15,19). The minimum Gasteiger partial charge on any atom is -0.394 e. The Bertz CT molecular complexity index is 493. The zero-order chi connectivity index (χ0) is 14.0. The molecule has 0 radical (unpaired) electrons. The van der Waals surface area contributed by atoms with Gasteiger partial charge in [0.05, 0.1) is 17.3 Å². The van der Waals surface area contributed by atoms with E-state index in [4.69, 9.17) is 17.3 Å². The van der Waals surface area contributed by atoms with E-state index in [0.717, 1.165) is 19.4 Å². The van der Waals surface area contributed by atoms with Gasteiger partial charge in [-0.15, -0.1) is 0 Å². The first-order valence-electron chi connectivity index (χ1n) is 6.29. The number of amides is 1. The molecule has 0 aliphatic carbocycles. The summed E-state index contributed by atoms with van der Waals surface area (Å²) in [5.74, 6) is 0.651. The highest BCUT2D eigenvalue weighted by Crippen LogP contribution is 2.28. The molecule has 0 bridgehead atoms. The summed E-state index contributed by atoms with van der Waals surface area (Å²) in [6, 6.07) is 0. The molecule has 0 aromatic carbocycles. The average molecular weight is 284 g/mol. The molecule has 1 aromatic heterocycles. The number of nitrogens with zero attached hydrogens (tertiary/aromatic N) is 3. The van der Waals surface area contributed by atoms with Gasteiger partial charge in [0.15, 0.2) is 5.82 Å². The highest BCUT2D eigenvalue weighted by atomic mass is 35.5. The van der Waals surface area contributed by atoms with Gasteiger partial charge in [-0.25, -0.2) is 4.98 Å². The first kappa shape index (κ1) is 13.9. The van der Waals surface area contributed by atoms with Gasteiger partial charge in [0.25, 0.3) is 0 Å². The van der Waals surface area contributed by atoms with Crippen molar-refractivity contribution in [2.75, 3.05) is 30.8 Å². The molecule has 1 unspecified atom stereocenters. The fourth-order valence-corrected chi connectivity index (χ4v) is 2.57. The molecule has 1 saturated heterocycles. The molecule has 1 aliphatic heterocycles. The van der Waals surface area contributed by atoms with Crippen LogP contribution in [-0.2, 0) is 4.79 Å². The number of halogens is 1. The van der Waals surface area contributed by atoms with Crippen molar-refractivity contribution in [3.8, 4) is 0 Å². The van der Waals surface area contributed by atoms with Crippen LogP contribution in [0.1, 0.15) is 18.5 Å². The molecule has 0 spiro atoms. The van der Waals surface area contributed by atoms with Crippen LogP contribution in [0.25, 0.3) is 0 Å². The van der Waals surface area contributed by atoms with Gasteiger partial charge >= 0.3 is 0 Å². The summed E-state index contributed by atoms with van der Waals surface area (Å²) in [6.45, 7) is 3.23. The predicted molar refractivity (Wildman–Crippen MR) is 75.2 cm³/mol. The van der Waals surface area contributed by atoms with Crippen LogP contribution in [0.5, 0.6) is 0 Å². The number of aromatic nitrogens is 2. The minimum atomic E-state index is -0.0350. The number of carbonyl (C=O) groups is 1. The van der Waals surface area contributed by atoms with Crippen molar-refractivity contribution in [3.63, 3.8) is 0 Å². The lowest BCUT2D eigenvalue weighted by Crippen LogP contribution is -2.42. The molecule has 104 valence electrons. The number of nitrogens with one attached hydrogen (secondary N) is 1. The van der Waals surface area contributed by atoms with Crippen LogP contribution in [0.15, 0.2) is 0 Å². The zero-order valence-electron chi connectivity index (χ0n) is 11.1. The van der Waals surface area contributed by atoms with Crippen LogP contribution in [0, 0.1) is 12.8 Å². The molecule has 1 fully saturated rings. The summed E-state index contributed by atoms with van der Waals surface area (Å²) in [7, 11) is 1.65. The van der Waals surface area contributed by atoms with E-state index in [2.05, 4.69) is 15.3 Å². The Morgan fingerprint density at radius 3 is 2.95 bits per heavy atom. The highest BCUT2D eigenvalue weighted by molar-refractivity contribution is 6.28. The first-order chi connectivity index (χ1) is 9.02. The molecule has 2 rings (SSSR count). The number of piperidine rings is 1. The third-order valence-electron chi connectivity index (χ3n) is 3.43. The van der Waals surface area contributed by atoms with Gasteiger partial charge in [-0.3, -0.25) is 4.79 Å². The third-order valence-corrected chi connectivity index (χ3v) is 3.60. The molecular formula is C12H18ClN5O. The van der Waals surface area contributed by atoms with Gasteiger partial charge in [-0.2, -0.15) is 4.98 Å². The van der Waals surface area contributed by atoms with Crippen molar-refractivity contribution in [2.24, 2.45) is 5.92 Å². The Hall–Kier alpha value is -1.56. The number of aryl methyl sites for hydroxylation is 1. The number of hydrogen-bond acceptors (Lipinski definition) is 5. The molecule has 6 nitrogen and oxygen atoms in total. The number of rotatable bonds is 2. The smallest absolute Gasteiger partial charge is 0.224 e. The van der Waals surface area contributed by atoms with Gasteiger partial charge < -0.3 is 16.0 Å². The molecule has 1 aromatic rings. The second kappa shape index (κ2) is 5.61. The molecule has 1 atom stereocenters. The summed E-state index contributed by atoms with van der Waals surface area (Å²) >= 11 is 5.88. The van der Waals surface area contributed by atoms with Gasteiger partial charge in [0.1, 0.15) is 0 Å². The largest absolute Gasteiger partial charge is 0.394 e. The van der Waals surface area contributed by atoms with Gasteiger partial charge in [-0.1, -0.05) is 0 Å². The van der Waals surface area contributed by atoms with Gasteiger partial charge in [-0.05, 0) is 31.4 Å². The Balaban J connectivity index is 2.24. The molecule has 1 amide bonds. The fourth-order valence-electron chi connectivity index (χ4n) is 2.36. The minimum absolute atomic E-state index is 0.0350. The van der Waals surface area contributed by atoms with E-state index in [1.807, 2.05) is 4.90 Å². The molecular weight excluding hydrogens is 266 g/mol. The Morgan fingerprint density at radius 2 is 2.26 bits per heavy atom. The van der Waals surface area contributed by atoms with E-state index in [0.29, 0.717) is 23.7 Å². The molecule has 0 saturated carbocycles. The van der Waals surface area contributed by atoms with Crippen molar-refractivity contribution in [2.45, 2.75) is 19.8 Å². The lowest BCUT2D eigenvalue weighted by Gasteiger charge is -2.33. The summed E-state index contributed by atoms with van der Waals surface area (Å²) in [5.41, 5.74) is 7.20. The quantitative estimate of drug-likeness (QED) is 0.791. The molecule has 7 heteroatoms. The Morgan fingerprint density at radius 1 is 1.53 bits per heavy atom. The monoisotopic (exact) mass is 283 g/mol. The topological polar surface area (TPSA) is 84.1 Å². The van der Waals surface area contributed by atoms with Crippen LogP contribution in [0.3, 0.4) is 0 Å². The maximum atomic E-state index is 11.7. The number of nitrogen functional groups attached to an aromatic ring is 1. The summed E-state index contributed by atoms with van der Waals surface area (Å²) < 4.78 is 0. The maximum Gasteiger partial charge on any atom is 0.224 e. The second-order valence-electron chi connectivity index (χ2n) is 4.71. The Labute approximate surface area is 117 Å². The van der Waals surface area contributed by atoms with Crippen molar-refractivity contribution < 1.29 is 4.79 Å². The van der Waals surface area contributed by atoms with Crippen molar-refractivity contribution in [3.05, 3.63) is 11.0 Å². The molecule has 2 heterocycles. The van der Waals surface area contributed by atoms with Crippen molar-refractivity contribution in [1.29, 1.82) is 0 Å². The third kappa shape index (κ3) is 2.89. The normalized spacial score (nSPS) is 19.3. The summed E-state index contributed by atoms with van der Waals surface area (Å²) in [6.07, 6.45) is 1.81. The average Bonchev–Trinajstić information content (AvgIpc) is 2.42. The van der Waals surface area contributed by atoms with E-state index in [9.17, 15) is 4.79 Å². The van der Waals surface area contributed by atoms with E-state index < -0.39 is 0 Å². The van der Waals surface area contributed by atoms with E-state index in [-0.39, 0.29) is 17.1 Å². The summed E-state index contributed by atoms with van der Waals surface area (Å²) in [5, 5.41) is 2.87. The highest BCUT2D eigenvalue weighted by Gasteiger charge is 2.27. The number of nitrogens with two attached hydrogens (primary N) is 1. The SMILES string of the molecule is CNC(=O)C1CCCN(c2nc(Cl)nc(C)c2N)C1. The summed E-state index contributed by atoms with van der Waals surface area (Å²) in [4.78, 5) is 22.0. The number of anilines is 2. The van der Waals surface area contributed by atoms with Crippen LogP contribution in [0.4, 0.5) is 11.5 Å². The van der Waals surface area contributed by atoms with Crippen LogP contribution >= 0.6 is 11.6 Å². The number of carbonyl (C=O) groups excluding carboxylic acids is 1. The van der Waals surface area contributed by atoms with Crippen molar-refractivity contribution >= 4 is 29.0 Å². The van der Waals surface area contributed by atoms with E-state index >= 15 is 0 Å². The second-order valence-corrected chi connectivity index (χ2v) is 5.05. The lowest BCUT2D eigenvalue weighted by atomic mass is 9.97. The predicted octanol–water partition coefficient (Wildman–Crippen LogP) is 0.983. The molecule has 1 aliphatic rings.